The van der Waals surface area contributed by atoms with Crippen molar-refractivity contribution in [3.8, 4) is 12.1 Å². The average molecular weight is 349 g/mol. The van der Waals surface area contributed by atoms with E-state index in [9.17, 15) is 10.5 Å². The van der Waals surface area contributed by atoms with E-state index < -0.39 is 0 Å². The molecular weight excluding hydrogens is 316 g/mol. The van der Waals surface area contributed by atoms with E-state index in [4.69, 9.17) is 0 Å². The van der Waals surface area contributed by atoms with Gasteiger partial charge in [0, 0.05) is 11.1 Å². The predicted octanol–water partition coefficient (Wildman–Crippen LogP) is 7.44. The second-order valence-electron chi connectivity index (χ2n) is 6.72. The van der Waals surface area contributed by atoms with Crippen LogP contribution in [-0.2, 0) is 0 Å². The van der Waals surface area contributed by atoms with Gasteiger partial charge in [-0.05, 0) is 48.0 Å². The Labute approximate surface area is 159 Å². The molecule has 0 aliphatic rings. The number of nitrogens with zero attached hydrogens (tertiary/aromatic N) is 2. The van der Waals surface area contributed by atoms with E-state index in [0.29, 0.717) is 0 Å². The van der Waals surface area contributed by atoms with Crippen LogP contribution in [-0.4, -0.2) is 0 Å². The molecule has 0 bridgehead atoms. The first kappa shape index (κ1) is 21.7. The number of allylic oxidation sites excluding steroid dienone is 4. The maximum Gasteiger partial charge on any atom is 0.0950 e. The molecule has 0 unspecified atom stereocenters. The van der Waals surface area contributed by atoms with Crippen molar-refractivity contribution in [2.75, 3.05) is 0 Å². The molecule has 0 aliphatic heterocycles. The average Bonchev–Trinajstić information content (AvgIpc) is 2.67. The fraction of sp³-hybridized carbons (Fsp3) is 0.500. The highest BCUT2D eigenvalue weighted by Gasteiger charge is 2.11. The molecule has 1 rings (SSSR count). The second kappa shape index (κ2) is 12.1. The fourth-order valence-corrected chi connectivity index (χ4v) is 3.36. The van der Waals surface area contributed by atoms with Gasteiger partial charge in [-0.15, -0.1) is 0 Å². The standard InChI is InChI=1S/C24H32N2/c1-5-9-21(17-25)23(11-7-3)19-13-15-20(16-14-19)24(12-8-4)22(18-26)10-6-2/h13-16H,5-12H2,1-4H3/b23-21-,24-22-. The smallest absolute Gasteiger partial charge is 0.0950 e. The minimum absolute atomic E-state index is 0.837. The summed E-state index contributed by atoms with van der Waals surface area (Å²) < 4.78 is 0. The van der Waals surface area contributed by atoms with Crippen molar-refractivity contribution in [3.05, 3.63) is 46.5 Å². The van der Waals surface area contributed by atoms with Crippen LogP contribution in [0.2, 0.25) is 0 Å². The van der Waals surface area contributed by atoms with E-state index in [2.05, 4.69) is 64.1 Å². The fourth-order valence-electron chi connectivity index (χ4n) is 3.36. The van der Waals surface area contributed by atoms with Gasteiger partial charge in [0.15, 0.2) is 0 Å². The van der Waals surface area contributed by atoms with Gasteiger partial charge < -0.3 is 0 Å². The van der Waals surface area contributed by atoms with Crippen molar-refractivity contribution in [3.63, 3.8) is 0 Å². The minimum atomic E-state index is 0.837. The third-order valence-corrected chi connectivity index (χ3v) is 4.58. The molecule has 0 heterocycles. The maximum atomic E-state index is 9.54. The molecule has 1 aromatic rings. The number of nitriles is 2. The molecule has 0 saturated carbocycles. The summed E-state index contributed by atoms with van der Waals surface area (Å²) in [6, 6.07) is 13.3. The van der Waals surface area contributed by atoms with Gasteiger partial charge in [0.1, 0.15) is 0 Å². The van der Waals surface area contributed by atoms with E-state index in [-0.39, 0.29) is 0 Å². The van der Waals surface area contributed by atoms with Crippen LogP contribution in [0.4, 0.5) is 0 Å². The van der Waals surface area contributed by atoms with Gasteiger partial charge in [-0.3, -0.25) is 0 Å². The molecule has 2 heteroatoms. The number of rotatable bonds is 10. The Morgan fingerprint density at radius 3 is 1.15 bits per heavy atom. The summed E-state index contributed by atoms with van der Waals surface area (Å²) >= 11 is 0. The summed E-state index contributed by atoms with van der Waals surface area (Å²) in [6.07, 6.45) is 7.57. The summed E-state index contributed by atoms with van der Waals surface area (Å²) in [5.74, 6) is 0. The van der Waals surface area contributed by atoms with Crippen LogP contribution in [0, 0.1) is 22.7 Å². The van der Waals surface area contributed by atoms with Crippen molar-refractivity contribution in [1.82, 2.24) is 0 Å². The largest absolute Gasteiger partial charge is 0.193 e. The second-order valence-corrected chi connectivity index (χ2v) is 6.72. The normalized spacial score (nSPS) is 12.7. The zero-order chi connectivity index (χ0) is 19.4. The first-order valence-corrected chi connectivity index (χ1v) is 10.0. The Kier molecular flexibility index (Phi) is 10.1. The molecule has 138 valence electrons. The molecule has 1 aromatic carbocycles. The van der Waals surface area contributed by atoms with Gasteiger partial charge in [0.2, 0.25) is 0 Å². The number of benzene rings is 1. The molecular formula is C24H32N2. The van der Waals surface area contributed by atoms with E-state index >= 15 is 0 Å². The van der Waals surface area contributed by atoms with Crippen molar-refractivity contribution < 1.29 is 0 Å². The minimum Gasteiger partial charge on any atom is -0.193 e. The molecule has 0 fully saturated rings. The van der Waals surface area contributed by atoms with Crippen molar-refractivity contribution in [1.29, 1.82) is 10.5 Å². The monoisotopic (exact) mass is 348 g/mol. The first-order chi connectivity index (χ1) is 12.7. The molecule has 0 atom stereocenters. The van der Waals surface area contributed by atoms with Crippen LogP contribution in [0.5, 0.6) is 0 Å². The maximum absolute atomic E-state index is 9.54. The molecule has 0 N–H and O–H groups in total. The Bertz CT molecular complexity index is 643. The van der Waals surface area contributed by atoms with Crippen molar-refractivity contribution in [2.24, 2.45) is 0 Å². The summed E-state index contributed by atoms with van der Waals surface area (Å²) in [5, 5.41) is 19.1. The van der Waals surface area contributed by atoms with Crippen LogP contribution in [0.15, 0.2) is 35.4 Å². The summed E-state index contributed by atoms with van der Waals surface area (Å²) in [7, 11) is 0. The summed E-state index contributed by atoms with van der Waals surface area (Å²) in [5.41, 5.74) is 6.47. The Morgan fingerprint density at radius 1 is 0.615 bits per heavy atom. The highest BCUT2D eigenvalue weighted by atomic mass is 14.3. The zero-order valence-electron chi connectivity index (χ0n) is 16.9. The molecule has 0 radical (unpaired) electrons. The lowest BCUT2D eigenvalue weighted by Crippen LogP contribution is -1.95. The van der Waals surface area contributed by atoms with Crippen molar-refractivity contribution >= 4 is 11.1 Å². The molecule has 2 nitrogen and oxygen atoms in total. The van der Waals surface area contributed by atoms with Crippen LogP contribution in [0.1, 0.15) is 90.2 Å². The van der Waals surface area contributed by atoms with Gasteiger partial charge in [-0.1, -0.05) is 77.6 Å². The van der Waals surface area contributed by atoms with Gasteiger partial charge in [0.05, 0.1) is 12.1 Å². The Morgan fingerprint density at radius 2 is 0.923 bits per heavy atom. The van der Waals surface area contributed by atoms with E-state index in [1.165, 1.54) is 11.1 Å². The molecule has 0 spiro atoms. The topological polar surface area (TPSA) is 47.6 Å². The predicted molar refractivity (Wildman–Crippen MR) is 111 cm³/mol. The third-order valence-electron chi connectivity index (χ3n) is 4.58. The highest BCUT2D eigenvalue weighted by Crippen LogP contribution is 2.30. The number of hydrogen-bond acceptors (Lipinski definition) is 2. The molecule has 0 aromatic heterocycles. The van der Waals surface area contributed by atoms with E-state index in [0.717, 1.165) is 73.6 Å². The van der Waals surface area contributed by atoms with Gasteiger partial charge in [-0.25, -0.2) is 0 Å². The summed E-state index contributed by atoms with van der Waals surface area (Å²) in [4.78, 5) is 0. The van der Waals surface area contributed by atoms with E-state index in [1.807, 2.05) is 0 Å². The Balaban J connectivity index is 3.35. The molecule has 0 aliphatic carbocycles. The summed E-state index contributed by atoms with van der Waals surface area (Å²) in [6.45, 7) is 8.54. The molecule has 0 amide bonds. The number of hydrogen-bond donors (Lipinski definition) is 0. The quantitative estimate of drug-likeness (QED) is 0.412. The van der Waals surface area contributed by atoms with Gasteiger partial charge in [-0.2, -0.15) is 10.5 Å². The lowest BCUT2D eigenvalue weighted by atomic mass is 9.90. The van der Waals surface area contributed by atoms with Crippen molar-refractivity contribution in [2.45, 2.75) is 79.1 Å². The lowest BCUT2D eigenvalue weighted by Gasteiger charge is -2.13. The third kappa shape index (κ3) is 5.89. The molecule has 26 heavy (non-hydrogen) atoms. The lowest BCUT2D eigenvalue weighted by molar-refractivity contribution is 0.906. The first-order valence-electron chi connectivity index (χ1n) is 10.0. The van der Waals surface area contributed by atoms with Crippen LogP contribution in [0.3, 0.4) is 0 Å². The van der Waals surface area contributed by atoms with Gasteiger partial charge in [0.25, 0.3) is 0 Å². The van der Waals surface area contributed by atoms with Crippen LogP contribution in [0.25, 0.3) is 11.1 Å². The highest BCUT2D eigenvalue weighted by molar-refractivity contribution is 5.76. The van der Waals surface area contributed by atoms with E-state index in [1.54, 1.807) is 0 Å². The molecule has 0 saturated heterocycles. The van der Waals surface area contributed by atoms with Gasteiger partial charge >= 0.3 is 0 Å². The van der Waals surface area contributed by atoms with Crippen LogP contribution < -0.4 is 0 Å². The zero-order valence-corrected chi connectivity index (χ0v) is 16.9. The Hall–Kier alpha value is -2.32. The van der Waals surface area contributed by atoms with Crippen LogP contribution >= 0.6 is 0 Å². The SMILES string of the molecule is CCC/C(C#N)=C(\CCC)c1ccc(/C(CCC)=C(\C#N)CCC)cc1.